The molecule has 0 aliphatic heterocycles. The molecular weight excluding hydrogens is 242 g/mol. The standard InChI is InChI=1S/C19H31N/c1-4-16(5-2)15(3)20-19-14-10-9-13-18(19)17-11-7-6-8-12-17/h6-8,11-12,15-16,18-20H,4-5,9-10,13-14H2,1-3H3. The Morgan fingerprint density at radius 2 is 1.70 bits per heavy atom. The van der Waals surface area contributed by atoms with Gasteiger partial charge in [-0.3, -0.25) is 0 Å². The highest BCUT2D eigenvalue weighted by molar-refractivity contribution is 5.22. The number of nitrogens with one attached hydrogen (secondary N) is 1. The van der Waals surface area contributed by atoms with Crippen molar-refractivity contribution in [2.45, 2.75) is 77.3 Å². The van der Waals surface area contributed by atoms with Crippen molar-refractivity contribution in [3.8, 4) is 0 Å². The molecule has 0 spiro atoms. The average molecular weight is 273 g/mol. The van der Waals surface area contributed by atoms with Gasteiger partial charge in [-0.1, -0.05) is 69.9 Å². The molecule has 0 radical (unpaired) electrons. The zero-order chi connectivity index (χ0) is 14.4. The first-order valence-corrected chi connectivity index (χ1v) is 8.57. The third-order valence-corrected chi connectivity index (χ3v) is 5.23. The smallest absolute Gasteiger partial charge is 0.0138 e. The second-order valence-corrected chi connectivity index (χ2v) is 6.44. The van der Waals surface area contributed by atoms with Crippen LogP contribution in [0.5, 0.6) is 0 Å². The van der Waals surface area contributed by atoms with Gasteiger partial charge < -0.3 is 5.32 Å². The minimum Gasteiger partial charge on any atom is -0.311 e. The van der Waals surface area contributed by atoms with Crippen LogP contribution >= 0.6 is 0 Å². The first-order valence-electron chi connectivity index (χ1n) is 8.57. The molecule has 0 saturated heterocycles. The van der Waals surface area contributed by atoms with Crippen molar-refractivity contribution in [2.24, 2.45) is 5.92 Å². The first-order chi connectivity index (χ1) is 9.76. The Hall–Kier alpha value is -0.820. The Morgan fingerprint density at radius 1 is 1.05 bits per heavy atom. The fourth-order valence-corrected chi connectivity index (χ4v) is 3.90. The van der Waals surface area contributed by atoms with E-state index in [9.17, 15) is 0 Å². The van der Waals surface area contributed by atoms with E-state index in [0.717, 1.165) is 5.92 Å². The molecule has 0 aromatic heterocycles. The summed E-state index contributed by atoms with van der Waals surface area (Å²) in [6.45, 7) is 7.03. The lowest BCUT2D eigenvalue weighted by molar-refractivity contribution is 0.258. The largest absolute Gasteiger partial charge is 0.311 e. The summed E-state index contributed by atoms with van der Waals surface area (Å²) < 4.78 is 0. The molecule has 1 N–H and O–H groups in total. The van der Waals surface area contributed by atoms with Crippen LogP contribution in [0.1, 0.15) is 70.8 Å². The van der Waals surface area contributed by atoms with Gasteiger partial charge in [0.2, 0.25) is 0 Å². The Labute approximate surface area is 125 Å². The number of hydrogen-bond donors (Lipinski definition) is 1. The summed E-state index contributed by atoms with van der Waals surface area (Å²) in [5, 5.41) is 3.97. The van der Waals surface area contributed by atoms with Crippen LogP contribution in [0, 0.1) is 5.92 Å². The third-order valence-electron chi connectivity index (χ3n) is 5.23. The van der Waals surface area contributed by atoms with Crippen LogP contribution in [-0.4, -0.2) is 12.1 Å². The lowest BCUT2D eigenvalue weighted by Gasteiger charge is -2.36. The lowest BCUT2D eigenvalue weighted by atomic mass is 9.79. The van der Waals surface area contributed by atoms with Gasteiger partial charge in [0.25, 0.3) is 0 Å². The SMILES string of the molecule is CCC(CC)C(C)NC1CCCCC1c1ccccc1. The molecule has 1 fully saturated rings. The van der Waals surface area contributed by atoms with Crippen LogP contribution in [0.3, 0.4) is 0 Å². The maximum Gasteiger partial charge on any atom is 0.0138 e. The van der Waals surface area contributed by atoms with Gasteiger partial charge >= 0.3 is 0 Å². The van der Waals surface area contributed by atoms with Gasteiger partial charge in [-0.05, 0) is 37.2 Å². The Morgan fingerprint density at radius 3 is 2.35 bits per heavy atom. The highest BCUT2D eigenvalue weighted by Crippen LogP contribution is 2.33. The van der Waals surface area contributed by atoms with E-state index in [0.29, 0.717) is 18.0 Å². The Balaban J connectivity index is 2.04. The van der Waals surface area contributed by atoms with Crippen LogP contribution in [0.25, 0.3) is 0 Å². The fourth-order valence-electron chi connectivity index (χ4n) is 3.90. The normalized spacial score (nSPS) is 24.8. The molecule has 1 aromatic carbocycles. The molecule has 3 atom stereocenters. The van der Waals surface area contributed by atoms with E-state index in [1.807, 2.05) is 0 Å². The molecular formula is C19H31N. The molecule has 1 aromatic rings. The predicted molar refractivity (Wildman–Crippen MR) is 88.1 cm³/mol. The summed E-state index contributed by atoms with van der Waals surface area (Å²) in [5.74, 6) is 1.52. The summed E-state index contributed by atoms with van der Waals surface area (Å²) in [7, 11) is 0. The van der Waals surface area contributed by atoms with E-state index in [4.69, 9.17) is 0 Å². The predicted octanol–water partition coefficient (Wildman–Crippen LogP) is 5.13. The summed E-state index contributed by atoms with van der Waals surface area (Å²) in [6, 6.07) is 12.4. The number of hydrogen-bond acceptors (Lipinski definition) is 1. The Kier molecular flexibility index (Phi) is 6.09. The van der Waals surface area contributed by atoms with Crippen LogP contribution in [0.4, 0.5) is 0 Å². The topological polar surface area (TPSA) is 12.0 Å². The molecule has 1 nitrogen and oxygen atoms in total. The van der Waals surface area contributed by atoms with Crippen molar-refractivity contribution in [3.05, 3.63) is 35.9 Å². The first kappa shape index (κ1) is 15.6. The van der Waals surface area contributed by atoms with Crippen LogP contribution < -0.4 is 5.32 Å². The minimum atomic E-state index is 0.638. The van der Waals surface area contributed by atoms with E-state index >= 15 is 0 Å². The summed E-state index contributed by atoms with van der Waals surface area (Å²) in [4.78, 5) is 0. The summed E-state index contributed by atoms with van der Waals surface area (Å²) in [6.07, 6.45) is 8.02. The third kappa shape index (κ3) is 3.85. The minimum absolute atomic E-state index is 0.638. The van der Waals surface area contributed by atoms with E-state index in [1.165, 1.54) is 44.1 Å². The molecule has 1 aliphatic rings. The number of rotatable bonds is 6. The molecule has 0 bridgehead atoms. The van der Waals surface area contributed by atoms with Gasteiger partial charge in [0, 0.05) is 12.1 Å². The van der Waals surface area contributed by atoms with Gasteiger partial charge in [-0.15, -0.1) is 0 Å². The van der Waals surface area contributed by atoms with Crippen LogP contribution in [-0.2, 0) is 0 Å². The molecule has 1 saturated carbocycles. The van der Waals surface area contributed by atoms with Gasteiger partial charge in [-0.25, -0.2) is 0 Å². The highest BCUT2D eigenvalue weighted by Gasteiger charge is 2.28. The van der Waals surface area contributed by atoms with Crippen molar-refractivity contribution in [2.75, 3.05) is 0 Å². The molecule has 0 heterocycles. The quantitative estimate of drug-likeness (QED) is 0.758. The monoisotopic (exact) mass is 273 g/mol. The van der Waals surface area contributed by atoms with E-state index < -0.39 is 0 Å². The van der Waals surface area contributed by atoms with E-state index in [1.54, 1.807) is 0 Å². The fraction of sp³-hybridized carbons (Fsp3) is 0.684. The van der Waals surface area contributed by atoms with Crippen molar-refractivity contribution in [1.82, 2.24) is 5.32 Å². The van der Waals surface area contributed by atoms with Gasteiger partial charge in [-0.2, -0.15) is 0 Å². The number of benzene rings is 1. The molecule has 0 amide bonds. The van der Waals surface area contributed by atoms with E-state index in [-0.39, 0.29) is 0 Å². The average Bonchev–Trinajstić information content (AvgIpc) is 2.50. The summed E-state index contributed by atoms with van der Waals surface area (Å²) >= 11 is 0. The molecule has 112 valence electrons. The second kappa shape index (κ2) is 7.83. The van der Waals surface area contributed by atoms with Gasteiger partial charge in [0.05, 0.1) is 0 Å². The zero-order valence-corrected chi connectivity index (χ0v) is 13.4. The summed E-state index contributed by atoms with van der Waals surface area (Å²) in [5.41, 5.74) is 1.53. The van der Waals surface area contributed by atoms with Crippen molar-refractivity contribution >= 4 is 0 Å². The Bertz CT molecular complexity index is 369. The van der Waals surface area contributed by atoms with Crippen LogP contribution in [0.2, 0.25) is 0 Å². The lowest BCUT2D eigenvalue weighted by Crippen LogP contribution is -2.45. The van der Waals surface area contributed by atoms with Gasteiger partial charge in [0.15, 0.2) is 0 Å². The maximum atomic E-state index is 3.97. The zero-order valence-electron chi connectivity index (χ0n) is 13.4. The van der Waals surface area contributed by atoms with Crippen molar-refractivity contribution < 1.29 is 0 Å². The van der Waals surface area contributed by atoms with Crippen LogP contribution in [0.15, 0.2) is 30.3 Å². The van der Waals surface area contributed by atoms with Crippen molar-refractivity contribution in [3.63, 3.8) is 0 Å². The second-order valence-electron chi connectivity index (χ2n) is 6.44. The molecule has 1 heteroatoms. The van der Waals surface area contributed by atoms with Gasteiger partial charge in [0.1, 0.15) is 0 Å². The van der Waals surface area contributed by atoms with E-state index in [2.05, 4.69) is 56.4 Å². The maximum absolute atomic E-state index is 3.97. The molecule has 20 heavy (non-hydrogen) atoms. The molecule has 2 rings (SSSR count). The molecule has 3 unspecified atom stereocenters. The van der Waals surface area contributed by atoms with Crippen molar-refractivity contribution in [1.29, 1.82) is 0 Å². The molecule has 1 aliphatic carbocycles. The highest BCUT2D eigenvalue weighted by atomic mass is 15.0.